The highest BCUT2D eigenvalue weighted by atomic mass is 14.2. The second-order valence-corrected chi connectivity index (χ2v) is 5.27. The zero-order valence-corrected chi connectivity index (χ0v) is 12.3. The van der Waals surface area contributed by atoms with E-state index in [9.17, 15) is 0 Å². The van der Waals surface area contributed by atoms with E-state index in [0.717, 1.165) is 17.8 Å². The van der Waals surface area contributed by atoms with Gasteiger partial charge in [0.2, 0.25) is 0 Å². The molecule has 0 atom stereocenters. The second-order valence-electron chi connectivity index (χ2n) is 5.27. The lowest BCUT2D eigenvalue weighted by Crippen LogP contribution is -2.10. The zero-order valence-electron chi connectivity index (χ0n) is 12.3. The molecule has 0 aliphatic heterocycles. The monoisotopic (exact) mass is 214 g/mol. The van der Waals surface area contributed by atoms with Crippen molar-refractivity contribution in [1.29, 1.82) is 0 Å². The van der Waals surface area contributed by atoms with Crippen molar-refractivity contribution in [1.82, 2.24) is 0 Å². The minimum Gasteiger partial charge on any atom is -0.0683 e. The van der Waals surface area contributed by atoms with Crippen molar-refractivity contribution < 1.29 is 0 Å². The van der Waals surface area contributed by atoms with E-state index in [0.29, 0.717) is 0 Å². The summed E-state index contributed by atoms with van der Waals surface area (Å²) < 4.78 is 0. The fraction of sp³-hybridized carbons (Fsp3) is 1.00. The summed E-state index contributed by atoms with van der Waals surface area (Å²) in [4.78, 5) is 0. The third-order valence-electron chi connectivity index (χ3n) is 2.71. The molecule has 1 fully saturated rings. The van der Waals surface area contributed by atoms with Gasteiger partial charge < -0.3 is 0 Å². The lowest BCUT2D eigenvalue weighted by Gasteiger charge is -2.24. The maximum atomic E-state index is 2.38. The third kappa shape index (κ3) is 14.0. The molecule has 0 nitrogen and oxygen atoms in total. The van der Waals surface area contributed by atoms with Crippen LogP contribution in [0.1, 0.15) is 80.6 Å². The van der Waals surface area contributed by atoms with Gasteiger partial charge in [0.15, 0.2) is 0 Å². The van der Waals surface area contributed by atoms with Crippen LogP contribution in [0.3, 0.4) is 0 Å². The van der Waals surface area contributed by atoms with Gasteiger partial charge in [0.05, 0.1) is 0 Å². The van der Waals surface area contributed by atoms with Crippen LogP contribution in [0.15, 0.2) is 0 Å². The summed E-state index contributed by atoms with van der Waals surface area (Å²) in [6, 6.07) is 0. The van der Waals surface area contributed by atoms with Gasteiger partial charge in [-0.25, -0.2) is 0 Å². The quantitative estimate of drug-likeness (QED) is 0.509. The Hall–Kier alpha value is 0. The van der Waals surface area contributed by atoms with E-state index in [1.165, 1.54) is 32.1 Å². The Bertz CT molecular complexity index is 93.9. The summed E-state index contributed by atoms with van der Waals surface area (Å²) in [6.07, 6.45) is 7.37. The molecule has 0 radical (unpaired) electrons. The maximum absolute atomic E-state index is 2.38. The molecule has 15 heavy (non-hydrogen) atoms. The van der Waals surface area contributed by atoms with Crippen molar-refractivity contribution >= 4 is 0 Å². The van der Waals surface area contributed by atoms with Gasteiger partial charge in [0, 0.05) is 0 Å². The van der Waals surface area contributed by atoms with Gasteiger partial charge in [0.25, 0.3) is 0 Å². The predicted molar refractivity (Wildman–Crippen MR) is 73.3 cm³/mol. The van der Waals surface area contributed by atoms with Gasteiger partial charge >= 0.3 is 0 Å². The van der Waals surface area contributed by atoms with Crippen molar-refractivity contribution in [2.45, 2.75) is 80.6 Å². The molecule has 0 aromatic rings. The Morgan fingerprint density at radius 2 is 1.27 bits per heavy atom. The molecule has 1 aliphatic rings. The normalized spacial score (nSPS) is 24.8. The molecule has 0 saturated heterocycles. The van der Waals surface area contributed by atoms with Crippen molar-refractivity contribution in [3.8, 4) is 0 Å². The van der Waals surface area contributed by atoms with Crippen LogP contribution in [-0.2, 0) is 0 Å². The second kappa shape index (κ2) is 12.1. The number of hydrogen-bond donors (Lipinski definition) is 0. The molecule has 0 bridgehead atoms. The van der Waals surface area contributed by atoms with Crippen LogP contribution in [-0.4, -0.2) is 0 Å². The van der Waals surface area contributed by atoms with Crippen LogP contribution in [0.2, 0.25) is 0 Å². The SMILES string of the molecule is CC.CC(C)C.CCC1CCC(C)CC1. The zero-order chi connectivity index (χ0) is 12.3. The summed E-state index contributed by atoms with van der Waals surface area (Å²) in [7, 11) is 0. The molecule has 0 heteroatoms. The summed E-state index contributed by atoms with van der Waals surface area (Å²) in [6.45, 7) is 15.2. The first-order chi connectivity index (χ1) is 7.06. The first kappa shape index (κ1) is 17.4. The largest absolute Gasteiger partial charge is 0.0683 e. The van der Waals surface area contributed by atoms with Crippen LogP contribution in [0.4, 0.5) is 0 Å². The molecule has 1 rings (SSSR count). The minimum atomic E-state index is 0.833. The van der Waals surface area contributed by atoms with Crippen LogP contribution in [0, 0.1) is 17.8 Å². The first-order valence-electron chi connectivity index (χ1n) is 7.06. The molecular formula is C15H34. The topological polar surface area (TPSA) is 0 Å². The smallest absolute Gasteiger partial charge is 0.0417 e. The highest BCUT2D eigenvalue weighted by Crippen LogP contribution is 2.29. The van der Waals surface area contributed by atoms with E-state index in [1.54, 1.807) is 0 Å². The number of hydrogen-bond acceptors (Lipinski definition) is 0. The Morgan fingerprint density at radius 3 is 1.53 bits per heavy atom. The molecule has 0 unspecified atom stereocenters. The highest BCUT2D eigenvalue weighted by molar-refractivity contribution is 4.68. The molecule has 0 aromatic carbocycles. The maximum Gasteiger partial charge on any atom is -0.0417 e. The molecule has 0 heterocycles. The van der Waals surface area contributed by atoms with Crippen molar-refractivity contribution in [3.63, 3.8) is 0 Å². The Balaban J connectivity index is 0. The summed E-state index contributed by atoms with van der Waals surface area (Å²) in [5.41, 5.74) is 0. The van der Waals surface area contributed by atoms with Crippen molar-refractivity contribution in [3.05, 3.63) is 0 Å². The number of rotatable bonds is 1. The van der Waals surface area contributed by atoms with Gasteiger partial charge in [-0.1, -0.05) is 80.6 Å². The highest BCUT2D eigenvalue weighted by Gasteiger charge is 2.15. The molecule has 0 N–H and O–H groups in total. The predicted octanol–water partition coefficient (Wildman–Crippen LogP) is 5.91. The molecular weight excluding hydrogens is 180 g/mol. The van der Waals surface area contributed by atoms with E-state index in [-0.39, 0.29) is 0 Å². The average Bonchev–Trinajstić information content (AvgIpc) is 2.21. The molecule has 0 amide bonds. The fourth-order valence-electron chi connectivity index (χ4n) is 1.74. The van der Waals surface area contributed by atoms with E-state index in [4.69, 9.17) is 0 Å². The Labute approximate surface area is 98.9 Å². The van der Waals surface area contributed by atoms with Gasteiger partial charge in [-0.3, -0.25) is 0 Å². The van der Waals surface area contributed by atoms with Gasteiger partial charge in [-0.2, -0.15) is 0 Å². The molecule has 0 aromatic heterocycles. The standard InChI is InChI=1S/C9H18.C4H10.C2H6/c1-3-9-6-4-8(2)5-7-9;1-4(2)3;1-2/h8-9H,3-7H2,1-2H3;4H,1-3H3;1-2H3. The molecule has 1 saturated carbocycles. The van der Waals surface area contributed by atoms with E-state index >= 15 is 0 Å². The Kier molecular flexibility index (Phi) is 14.0. The van der Waals surface area contributed by atoms with E-state index < -0.39 is 0 Å². The molecule has 1 aliphatic carbocycles. The Morgan fingerprint density at radius 1 is 0.933 bits per heavy atom. The van der Waals surface area contributed by atoms with Crippen molar-refractivity contribution in [2.24, 2.45) is 17.8 Å². The fourth-order valence-corrected chi connectivity index (χ4v) is 1.74. The van der Waals surface area contributed by atoms with Gasteiger partial charge in [-0.15, -0.1) is 0 Å². The summed E-state index contributed by atoms with van der Waals surface area (Å²) in [5.74, 6) is 2.92. The average molecular weight is 214 g/mol. The van der Waals surface area contributed by atoms with Crippen LogP contribution in [0.25, 0.3) is 0 Å². The molecule has 94 valence electrons. The van der Waals surface area contributed by atoms with Gasteiger partial charge in [-0.05, 0) is 17.8 Å². The minimum absolute atomic E-state index is 0.833. The lowest BCUT2D eigenvalue weighted by molar-refractivity contribution is 0.284. The van der Waals surface area contributed by atoms with Crippen LogP contribution < -0.4 is 0 Å². The van der Waals surface area contributed by atoms with Crippen LogP contribution in [0.5, 0.6) is 0 Å². The van der Waals surface area contributed by atoms with E-state index in [1.807, 2.05) is 13.8 Å². The first-order valence-corrected chi connectivity index (χ1v) is 7.06. The van der Waals surface area contributed by atoms with Crippen molar-refractivity contribution in [2.75, 3.05) is 0 Å². The molecule has 0 spiro atoms. The van der Waals surface area contributed by atoms with Gasteiger partial charge in [0.1, 0.15) is 0 Å². The summed E-state index contributed by atoms with van der Waals surface area (Å²) >= 11 is 0. The lowest BCUT2D eigenvalue weighted by atomic mass is 9.82. The van der Waals surface area contributed by atoms with Crippen LogP contribution >= 0.6 is 0 Å². The van der Waals surface area contributed by atoms with E-state index in [2.05, 4.69) is 34.6 Å². The summed E-state index contributed by atoms with van der Waals surface area (Å²) in [5, 5.41) is 0. The third-order valence-corrected chi connectivity index (χ3v) is 2.71.